The molecule has 0 heterocycles. The number of thioether (sulfide) groups is 1. The first kappa shape index (κ1) is 20.3. The molecule has 2 rings (SSSR count). The molecule has 0 aliphatic carbocycles. The molecule has 2 aromatic rings. The number of esters is 1. The minimum Gasteiger partial charge on any atom is -0.462 e. The van der Waals surface area contributed by atoms with Crippen LogP contribution in [0.15, 0.2) is 36.4 Å². The topological polar surface area (TPSA) is 55.4 Å². The van der Waals surface area contributed by atoms with Gasteiger partial charge in [-0.2, -0.15) is 0 Å². The van der Waals surface area contributed by atoms with Crippen LogP contribution in [0.3, 0.4) is 0 Å². The molecule has 1 amide bonds. The summed E-state index contributed by atoms with van der Waals surface area (Å²) in [6, 6.07) is 11.2. The summed E-state index contributed by atoms with van der Waals surface area (Å²) in [4.78, 5) is 24.0. The molecule has 0 atom stereocenters. The lowest BCUT2D eigenvalue weighted by Gasteiger charge is -2.09. The van der Waals surface area contributed by atoms with Gasteiger partial charge in [-0.1, -0.05) is 40.9 Å². The van der Waals surface area contributed by atoms with Crippen molar-refractivity contribution in [3.8, 4) is 0 Å². The number of rotatable bonds is 7. The van der Waals surface area contributed by atoms with Crippen molar-refractivity contribution in [3.05, 3.63) is 63.7 Å². The van der Waals surface area contributed by atoms with Crippen molar-refractivity contribution in [2.75, 3.05) is 17.7 Å². The summed E-state index contributed by atoms with van der Waals surface area (Å²) in [7, 11) is 0. The second kappa shape index (κ2) is 9.64. The molecule has 4 nitrogen and oxygen atoms in total. The number of benzene rings is 2. The largest absolute Gasteiger partial charge is 0.462 e. The van der Waals surface area contributed by atoms with E-state index in [-0.39, 0.29) is 18.1 Å². The SMILES string of the molecule is CCOC(=O)c1cc(NC(=O)CSCc2cc(C)cc(C)c2)ccc1Cl. The van der Waals surface area contributed by atoms with Crippen LogP contribution in [0.1, 0.15) is 34.0 Å². The molecule has 2 aromatic carbocycles. The average Bonchev–Trinajstić information content (AvgIpc) is 2.56. The zero-order valence-electron chi connectivity index (χ0n) is 15.1. The van der Waals surface area contributed by atoms with Crippen molar-refractivity contribution in [2.45, 2.75) is 26.5 Å². The van der Waals surface area contributed by atoms with Gasteiger partial charge in [0.15, 0.2) is 0 Å². The van der Waals surface area contributed by atoms with Crippen molar-refractivity contribution in [1.82, 2.24) is 0 Å². The molecule has 138 valence electrons. The van der Waals surface area contributed by atoms with Gasteiger partial charge in [-0.3, -0.25) is 4.79 Å². The Balaban J connectivity index is 1.91. The first-order valence-corrected chi connectivity index (χ1v) is 9.83. The number of halogens is 1. The van der Waals surface area contributed by atoms with E-state index in [2.05, 4.69) is 37.4 Å². The molecule has 0 unspecified atom stereocenters. The van der Waals surface area contributed by atoms with Crippen molar-refractivity contribution in [3.63, 3.8) is 0 Å². The fourth-order valence-corrected chi connectivity index (χ4v) is 3.54. The van der Waals surface area contributed by atoms with Crippen LogP contribution in [0.5, 0.6) is 0 Å². The molecular weight excluding hydrogens is 370 g/mol. The van der Waals surface area contributed by atoms with E-state index in [4.69, 9.17) is 16.3 Å². The van der Waals surface area contributed by atoms with E-state index in [9.17, 15) is 9.59 Å². The normalized spacial score (nSPS) is 10.5. The van der Waals surface area contributed by atoms with E-state index in [1.165, 1.54) is 22.8 Å². The lowest BCUT2D eigenvalue weighted by Crippen LogP contribution is -2.15. The van der Waals surface area contributed by atoms with Crippen LogP contribution in [0, 0.1) is 13.8 Å². The molecule has 0 aliphatic rings. The standard InChI is InChI=1S/C20H22ClNO3S/c1-4-25-20(24)17-10-16(5-6-18(17)21)22-19(23)12-26-11-15-8-13(2)7-14(3)9-15/h5-10H,4,11-12H2,1-3H3,(H,22,23). The number of hydrogen-bond acceptors (Lipinski definition) is 4. The molecule has 1 N–H and O–H groups in total. The molecule has 0 bridgehead atoms. The lowest BCUT2D eigenvalue weighted by molar-refractivity contribution is -0.113. The van der Waals surface area contributed by atoms with E-state index in [0.717, 1.165) is 5.75 Å². The van der Waals surface area contributed by atoms with E-state index in [0.29, 0.717) is 16.5 Å². The third kappa shape index (κ3) is 6.07. The molecule has 0 aromatic heterocycles. The summed E-state index contributed by atoms with van der Waals surface area (Å²) in [6.45, 7) is 6.12. The van der Waals surface area contributed by atoms with Crippen LogP contribution >= 0.6 is 23.4 Å². The summed E-state index contributed by atoms with van der Waals surface area (Å²) in [5.74, 6) is 0.462. The highest BCUT2D eigenvalue weighted by Gasteiger charge is 2.13. The Morgan fingerprint density at radius 1 is 1.12 bits per heavy atom. The monoisotopic (exact) mass is 391 g/mol. The van der Waals surface area contributed by atoms with Crippen molar-refractivity contribution in [2.24, 2.45) is 0 Å². The van der Waals surface area contributed by atoms with Crippen LogP contribution in [0.2, 0.25) is 5.02 Å². The molecule has 0 saturated carbocycles. The number of carbonyl (C=O) groups excluding carboxylic acids is 2. The van der Waals surface area contributed by atoms with E-state index >= 15 is 0 Å². The predicted molar refractivity (Wildman–Crippen MR) is 108 cm³/mol. The Hall–Kier alpha value is -1.98. The molecule has 0 radical (unpaired) electrons. The molecule has 6 heteroatoms. The minimum atomic E-state index is -0.502. The second-order valence-electron chi connectivity index (χ2n) is 5.95. The number of amides is 1. The van der Waals surface area contributed by atoms with Crippen LogP contribution in [-0.2, 0) is 15.3 Å². The number of nitrogens with one attached hydrogen (secondary N) is 1. The number of ether oxygens (including phenoxy) is 1. The first-order chi connectivity index (χ1) is 12.4. The number of carbonyl (C=O) groups is 2. The summed E-state index contributed by atoms with van der Waals surface area (Å²) in [5, 5.41) is 3.09. The summed E-state index contributed by atoms with van der Waals surface area (Å²) in [5.41, 5.74) is 4.41. The molecule has 0 spiro atoms. The van der Waals surface area contributed by atoms with Crippen LogP contribution in [-0.4, -0.2) is 24.2 Å². The second-order valence-corrected chi connectivity index (χ2v) is 7.34. The van der Waals surface area contributed by atoms with Gasteiger partial charge in [-0.15, -0.1) is 11.8 Å². The number of anilines is 1. The molecule has 0 aliphatic heterocycles. The molecule has 26 heavy (non-hydrogen) atoms. The summed E-state index contributed by atoms with van der Waals surface area (Å²) >= 11 is 7.57. The van der Waals surface area contributed by atoms with Crippen molar-refractivity contribution in [1.29, 1.82) is 0 Å². The Labute approximate surface area is 163 Å². The maximum atomic E-state index is 12.1. The number of aryl methyl sites for hydroxylation is 2. The smallest absolute Gasteiger partial charge is 0.339 e. The summed E-state index contributed by atoms with van der Waals surface area (Å²) < 4.78 is 4.96. The van der Waals surface area contributed by atoms with Crippen molar-refractivity contribution >= 4 is 40.9 Å². The van der Waals surface area contributed by atoms with Gasteiger partial charge in [0.2, 0.25) is 5.91 Å². The zero-order chi connectivity index (χ0) is 19.1. The van der Waals surface area contributed by atoms with Gasteiger partial charge in [-0.05, 0) is 44.5 Å². The highest BCUT2D eigenvalue weighted by molar-refractivity contribution is 7.99. The Kier molecular flexibility index (Phi) is 7.54. The fourth-order valence-electron chi connectivity index (χ4n) is 2.58. The lowest BCUT2D eigenvalue weighted by atomic mass is 10.1. The Bertz CT molecular complexity index is 787. The molecular formula is C20H22ClNO3S. The molecule has 0 saturated heterocycles. The van der Waals surface area contributed by atoms with Gasteiger partial charge in [0.25, 0.3) is 0 Å². The van der Waals surface area contributed by atoms with E-state index in [1.807, 2.05) is 0 Å². The van der Waals surface area contributed by atoms with Gasteiger partial charge in [0, 0.05) is 11.4 Å². The molecule has 0 fully saturated rings. The maximum absolute atomic E-state index is 12.1. The minimum absolute atomic E-state index is 0.128. The van der Waals surface area contributed by atoms with Gasteiger partial charge in [-0.25, -0.2) is 4.79 Å². The van der Waals surface area contributed by atoms with Gasteiger partial charge < -0.3 is 10.1 Å². The third-order valence-corrected chi connectivity index (χ3v) is 4.86. The van der Waals surface area contributed by atoms with Gasteiger partial charge in [0.1, 0.15) is 0 Å². The zero-order valence-corrected chi connectivity index (χ0v) is 16.7. The summed E-state index contributed by atoms with van der Waals surface area (Å²) in [6.07, 6.45) is 0. The van der Waals surface area contributed by atoms with Crippen LogP contribution < -0.4 is 5.32 Å². The fraction of sp³-hybridized carbons (Fsp3) is 0.300. The predicted octanol–water partition coefficient (Wildman–Crippen LogP) is 5.01. The number of hydrogen-bond donors (Lipinski definition) is 1. The van der Waals surface area contributed by atoms with Crippen LogP contribution in [0.4, 0.5) is 5.69 Å². The third-order valence-electron chi connectivity index (χ3n) is 3.53. The maximum Gasteiger partial charge on any atom is 0.339 e. The van der Waals surface area contributed by atoms with Crippen molar-refractivity contribution < 1.29 is 14.3 Å². The van der Waals surface area contributed by atoms with Gasteiger partial charge in [0.05, 0.1) is 22.9 Å². The average molecular weight is 392 g/mol. The highest BCUT2D eigenvalue weighted by atomic mass is 35.5. The quantitative estimate of drug-likeness (QED) is 0.674. The Morgan fingerprint density at radius 3 is 2.46 bits per heavy atom. The Morgan fingerprint density at radius 2 is 1.81 bits per heavy atom. The van der Waals surface area contributed by atoms with Crippen LogP contribution in [0.25, 0.3) is 0 Å². The van der Waals surface area contributed by atoms with Gasteiger partial charge >= 0.3 is 5.97 Å². The first-order valence-electron chi connectivity index (χ1n) is 8.30. The highest BCUT2D eigenvalue weighted by Crippen LogP contribution is 2.22. The van der Waals surface area contributed by atoms with E-state index < -0.39 is 5.97 Å². The van der Waals surface area contributed by atoms with E-state index in [1.54, 1.807) is 30.8 Å².